The Balaban J connectivity index is 1.43. The maximum atomic E-state index is 13.8. The number of anilines is 1. The van der Waals surface area contributed by atoms with Gasteiger partial charge in [0, 0.05) is 33.0 Å². The van der Waals surface area contributed by atoms with E-state index in [1.165, 1.54) is 16.0 Å². The molecule has 7 rings (SSSR count). The molecule has 0 N–H and O–H groups in total. The van der Waals surface area contributed by atoms with E-state index in [4.69, 9.17) is 0 Å². The van der Waals surface area contributed by atoms with E-state index in [0.717, 1.165) is 23.6 Å². The highest BCUT2D eigenvalue weighted by Gasteiger charge is 2.36. The molecule has 1 aliphatic heterocycles. The molecule has 2 amide bonds. The number of carbonyl (C=O) groups excluding carboxylic acids is 3. The quantitative estimate of drug-likeness (QED) is 0.244. The molecule has 4 nitrogen and oxygen atoms in total. The van der Waals surface area contributed by atoms with Crippen molar-refractivity contribution in [1.82, 2.24) is 0 Å². The van der Waals surface area contributed by atoms with Gasteiger partial charge in [0.1, 0.15) is 0 Å². The summed E-state index contributed by atoms with van der Waals surface area (Å²) in [6, 6.07) is 27.8. The summed E-state index contributed by atoms with van der Waals surface area (Å²) in [6.07, 6.45) is 1.94. The standard InChI is InChI=1S/C31H19NO3/c33-29(20-6-2-1-3-7-20)22-15-16-25-28-21(22)9-5-11-24(28)30(34)32(31(25)35)26-17-14-19-13-12-18-8-4-10-23(26)27(18)19/h1-11,14-17H,12-13H2. The van der Waals surface area contributed by atoms with Crippen LogP contribution in [0.5, 0.6) is 0 Å². The van der Waals surface area contributed by atoms with E-state index < -0.39 is 0 Å². The molecule has 0 aromatic heterocycles. The van der Waals surface area contributed by atoms with E-state index in [1.54, 1.807) is 36.4 Å². The predicted molar refractivity (Wildman–Crippen MR) is 136 cm³/mol. The molecule has 0 atom stereocenters. The van der Waals surface area contributed by atoms with Gasteiger partial charge in [-0.05, 0) is 59.0 Å². The molecule has 2 aliphatic rings. The Morgan fingerprint density at radius 1 is 0.600 bits per heavy atom. The summed E-state index contributed by atoms with van der Waals surface area (Å²) in [5.41, 5.74) is 5.03. The molecule has 5 aromatic rings. The first-order chi connectivity index (χ1) is 17.1. The van der Waals surface area contributed by atoms with Crippen molar-refractivity contribution >= 4 is 44.8 Å². The van der Waals surface area contributed by atoms with Crippen LogP contribution in [-0.4, -0.2) is 17.6 Å². The Hall–Kier alpha value is -4.57. The Kier molecular flexibility index (Phi) is 4.09. The SMILES string of the molecule is O=C(c1ccccc1)c1ccc2c3c(cccc13)C(=O)N(c1ccc3c4c(cccc14)CC3)C2=O. The minimum absolute atomic E-state index is 0.135. The maximum Gasteiger partial charge on any atom is 0.266 e. The summed E-state index contributed by atoms with van der Waals surface area (Å²) < 4.78 is 0. The van der Waals surface area contributed by atoms with Crippen molar-refractivity contribution in [2.45, 2.75) is 12.8 Å². The lowest BCUT2D eigenvalue weighted by Crippen LogP contribution is -2.40. The van der Waals surface area contributed by atoms with Crippen LogP contribution >= 0.6 is 0 Å². The lowest BCUT2D eigenvalue weighted by molar-refractivity contribution is 0.0892. The largest absolute Gasteiger partial charge is 0.289 e. The van der Waals surface area contributed by atoms with Crippen LogP contribution in [0.1, 0.15) is 47.8 Å². The summed E-state index contributed by atoms with van der Waals surface area (Å²) in [6.45, 7) is 0. The molecule has 166 valence electrons. The molecular formula is C31H19NO3. The van der Waals surface area contributed by atoms with Gasteiger partial charge in [-0.2, -0.15) is 0 Å². The van der Waals surface area contributed by atoms with Gasteiger partial charge in [0.15, 0.2) is 5.78 Å². The van der Waals surface area contributed by atoms with Crippen molar-refractivity contribution in [3.63, 3.8) is 0 Å². The number of carbonyl (C=O) groups is 3. The average Bonchev–Trinajstić information content (AvgIpc) is 3.33. The Labute approximate surface area is 201 Å². The third kappa shape index (κ3) is 2.71. The monoisotopic (exact) mass is 453 g/mol. The molecule has 1 heterocycles. The van der Waals surface area contributed by atoms with Crippen molar-refractivity contribution in [3.8, 4) is 0 Å². The van der Waals surface area contributed by atoms with E-state index in [0.29, 0.717) is 38.7 Å². The van der Waals surface area contributed by atoms with Crippen LogP contribution < -0.4 is 4.90 Å². The van der Waals surface area contributed by atoms with Crippen LogP contribution in [0.25, 0.3) is 21.5 Å². The Bertz CT molecular complexity index is 1720. The first kappa shape index (κ1) is 19.9. The number of rotatable bonds is 3. The minimum atomic E-state index is -0.365. The van der Waals surface area contributed by atoms with Gasteiger partial charge >= 0.3 is 0 Å². The zero-order chi connectivity index (χ0) is 23.7. The molecule has 0 saturated carbocycles. The van der Waals surface area contributed by atoms with Crippen molar-refractivity contribution in [2.24, 2.45) is 0 Å². The van der Waals surface area contributed by atoms with E-state index >= 15 is 0 Å². The van der Waals surface area contributed by atoms with Gasteiger partial charge < -0.3 is 0 Å². The first-order valence-corrected chi connectivity index (χ1v) is 11.7. The van der Waals surface area contributed by atoms with E-state index in [2.05, 4.69) is 6.07 Å². The van der Waals surface area contributed by atoms with Gasteiger partial charge in [-0.25, -0.2) is 4.90 Å². The molecule has 0 saturated heterocycles. The zero-order valence-corrected chi connectivity index (χ0v) is 18.7. The fraction of sp³-hybridized carbons (Fsp3) is 0.0645. The second-order valence-electron chi connectivity index (χ2n) is 9.11. The average molecular weight is 453 g/mol. The molecule has 5 aromatic carbocycles. The second-order valence-corrected chi connectivity index (χ2v) is 9.11. The molecule has 0 bridgehead atoms. The highest BCUT2D eigenvalue weighted by atomic mass is 16.2. The van der Waals surface area contributed by atoms with Gasteiger partial charge in [0.25, 0.3) is 11.8 Å². The maximum absolute atomic E-state index is 13.8. The third-order valence-corrected chi connectivity index (χ3v) is 7.28. The normalized spacial score (nSPS) is 14.2. The van der Waals surface area contributed by atoms with Gasteiger partial charge in [0.2, 0.25) is 0 Å². The number of amides is 2. The molecule has 0 radical (unpaired) electrons. The van der Waals surface area contributed by atoms with Gasteiger partial charge in [-0.3, -0.25) is 14.4 Å². The second kappa shape index (κ2) is 7.21. The van der Waals surface area contributed by atoms with E-state index in [1.807, 2.05) is 48.5 Å². The number of aryl methyl sites for hydroxylation is 2. The smallest absolute Gasteiger partial charge is 0.266 e. The molecule has 1 aliphatic carbocycles. The van der Waals surface area contributed by atoms with Crippen molar-refractivity contribution in [1.29, 1.82) is 0 Å². The fourth-order valence-electron chi connectivity index (χ4n) is 5.68. The van der Waals surface area contributed by atoms with Crippen LogP contribution in [0.4, 0.5) is 5.69 Å². The van der Waals surface area contributed by atoms with Crippen molar-refractivity contribution in [2.75, 3.05) is 4.90 Å². The summed E-state index contributed by atoms with van der Waals surface area (Å²) in [5.74, 6) is -0.864. The highest BCUT2D eigenvalue weighted by Crippen LogP contribution is 2.40. The summed E-state index contributed by atoms with van der Waals surface area (Å²) >= 11 is 0. The Morgan fingerprint density at radius 2 is 1.29 bits per heavy atom. The molecule has 0 spiro atoms. The van der Waals surface area contributed by atoms with E-state index in [9.17, 15) is 14.4 Å². The van der Waals surface area contributed by atoms with Gasteiger partial charge in [0.05, 0.1) is 5.69 Å². The zero-order valence-electron chi connectivity index (χ0n) is 18.7. The summed E-state index contributed by atoms with van der Waals surface area (Å²) in [4.78, 5) is 42.2. The Morgan fingerprint density at radius 3 is 2.09 bits per heavy atom. The van der Waals surface area contributed by atoms with Gasteiger partial charge in [-0.15, -0.1) is 0 Å². The molecule has 0 unspecified atom stereocenters. The summed E-state index contributed by atoms with van der Waals surface area (Å²) in [5, 5.41) is 3.24. The lowest BCUT2D eigenvalue weighted by atomic mass is 9.88. The lowest BCUT2D eigenvalue weighted by Gasteiger charge is -2.29. The molecule has 0 fully saturated rings. The molecular weight excluding hydrogens is 434 g/mol. The topological polar surface area (TPSA) is 54.5 Å². The van der Waals surface area contributed by atoms with E-state index in [-0.39, 0.29) is 17.6 Å². The van der Waals surface area contributed by atoms with Crippen molar-refractivity contribution < 1.29 is 14.4 Å². The predicted octanol–water partition coefficient (Wildman–Crippen LogP) is 6.12. The highest BCUT2D eigenvalue weighted by molar-refractivity contribution is 6.38. The number of hydrogen-bond donors (Lipinski definition) is 0. The molecule has 35 heavy (non-hydrogen) atoms. The van der Waals surface area contributed by atoms with Crippen LogP contribution in [0.2, 0.25) is 0 Å². The summed E-state index contributed by atoms with van der Waals surface area (Å²) in [7, 11) is 0. The minimum Gasteiger partial charge on any atom is -0.289 e. The number of ketones is 1. The number of imide groups is 1. The van der Waals surface area contributed by atoms with Crippen LogP contribution in [0.3, 0.4) is 0 Å². The first-order valence-electron chi connectivity index (χ1n) is 11.7. The fourth-order valence-corrected chi connectivity index (χ4v) is 5.68. The van der Waals surface area contributed by atoms with Crippen LogP contribution in [0.15, 0.2) is 91.0 Å². The van der Waals surface area contributed by atoms with Crippen LogP contribution in [-0.2, 0) is 12.8 Å². The number of benzene rings is 5. The number of hydrogen-bond acceptors (Lipinski definition) is 3. The van der Waals surface area contributed by atoms with Gasteiger partial charge in [-0.1, -0.05) is 66.7 Å². The van der Waals surface area contributed by atoms with Crippen molar-refractivity contribution in [3.05, 3.63) is 124 Å². The molecule has 4 heteroatoms. The third-order valence-electron chi connectivity index (χ3n) is 7.28. The number of nitrogens with zero attached hydrogens (tertiary/aromatic N) is 1. The van der Waals surface area contributed by atoms with Crippen LogP contribution in [0, 0.1) is 0 Å².